The summed E-state index contributed by atoms with van der Waals surface area (Å²) in [6, 6.07) is 12.9. The van der Waals surface area contributed by atoms with E-state index in [2.05, 4.69) is 5.32 Å². The second-order valence-electron chi connectivity index (χ2n) is 7.71. The van der Waals surface area contributed by atoms with Crippen LogP contribution in [0.2, 0.25) is 0 Å². The van der Waals surface area contributed by atoms with Gasteiger partial charge in [-0.2, -0.15) is 0 Å². The minimum absolute atomic E-state index is 0.0965. The molecule has 0 unspecified atom stereocenters. The number of urea groups is 1. The summed E-state index contributed by atoms with van der Waals surface area (Å²) in [5.74, 6) is 1.27. The molecule has 2 saturated heterocycles. The fourth-order valence-corrected chi connectivity index (χ4v) is 5.64. The number of methoxy groups -OCH3 is 1. The Hall–Kier alpha value is -3.27. The molecule has 0 aromatic heterocycles. The van der Waals surface area contributed by atoms with E-state index in [0.29, 0.717) is 49.5 Å². The third-order valence-electron chi connectivity index (χ3n) is 5.88. The van der Waals surface area contributed by atoms with Gasteiger partial charge < -0.3 is 19.9 Å². The highest BCUT2D eigenvalue weighted by molar-refractivity contribution is 8.00. The summed E-state index contributed by atoms with van der Waals surface area (Å²) in [6.45, 7) is 1.62. The van der Waals surface area contributed by atoms with Gasteiger partial charge in [0, 0.05) is 54.8 Å². The van der Waals surface area contributed by atoms with E-state index in [4.69, 9.17) is 4.74 Å². The number of nitrogens with one attached hydrogen (secondary N) is 1. The minimum atomic E-state index is -0.495. The number of nitro groups is 1. The number of non-ortho nitro benzene ring substituents is 1. The molecule has 0 radical (unpaired) electrons. The first-order chi connectivity index (χ1) is 15.4. The van der Waals surface area contributed by atoms with Crippen molar-refractivity contribution < 1.29 is 19.2 Å². The molecule has 9 nitrogen and oxygen atoms in total. The van der Waals surface area contributed by atoms with Gasteiger partial charge in [-0.3, -0.25) is 14.9 Å². The maximum absolute atomic E-state index is 13.2. The Balaban J connectivity index is 1.42. The molecular weight excluding hydrogens is 432 g/mol. The Morgan fingerprint density at radius 1 is 1.12 bits per heavy atom. The highest BCUT2D eigenvalue weighted by Crippen LogP contribution is 2.44. The van der Waals surface area contributed by atoms with E-state index in [9.17, 15) is 19.7 Å². The monoisotopic (exact) mass is 456 g/mol. The molecule has 2 fully saturated rings. The van der Waals surface area contributed by atoms with E-state index in [0.717, 1.165) is 5.75 Å². The second kappa shape index (κ2) is 9.07. The van der Waals surface area contributed by atoms with Crippen LogP contribution < -0.4 is 10.1 Å². The van der Waals surface area contributed by atoms with Gasteiger partial charge in [-0.1, -0.05) is 12.1 Å². The van der Waals surface area contributed by atoms with Crippen LogP contribution in [0.3, 0.4) is 0 Å². The lowest BCUT2D eigenvalue weighted by Gasteiger charge is -2.44. The molecular formula is C22H24N4O5S. The number of hydrogen-bond donors (Lipinski definition) is 1. The van der Waals surface area contributed by atoms with Crippen molar-refractivity contribution >= 4 is 35.1 Å². The van der Waals surface area contributed by atoms with Crippen LogP contribution >= 0.6 is 11.8 Å². The Morgan fingerprint density at radius 2 is 1.88 bits per heavy atom. The lowest BCUT2D eigenvalue weighted by molar-refractivity contribution is -0.384. The van der Waals surface area contributed by atoms with Crippen LogP contribution in [0.4, 0.5) is 16.2 Å². The molecule has 0 aliphatic carbocycles. The van der Waals surface area contributed by atoms with Crippen molar-refractivity contribution in [1.29, 1.82) is 0 Å². The molecule has 2 heterocycles. The van der Waals surface area contributed by atoms with Crippen LogP contribution in [0, 0.1) is 10.1 Å². The predicted octanol–water partition coefficient (Wildman–Crippen LogP) is 3.82. The van der Waals surface area contributed by atoms with Crippen LogP contribution in [0.1, 0.15) is 23.2 Å². The zero-order valence-electron chi connectivity index (χ0n) is 17.7. The van der Waals surface area contributed by atoms with Crippen LogP contribution in [0.15, 0.2) is 48.5 Å². The van der Waals surface area contributed by atoms with Crippen molar-refractivity contribution in [3.05, 3.63) is 64.2 Å². The van der Waals surface area contributed by atoms with E-state index in [-0.39, 0.29) is 17.6 Å². The number of ether oxygens (including phenoxy) is 1. The molecule has 1 spiro atoms. The summed E-state index contributed by atoms with van der Waals surface area (Å²) in [4.78, 5) is 39.7. The summed E-state index contributed by atoms with van der Waals surface area (Å²) in [7, 11) is 1.57. The first kappa shape index (κ1) is 21.9. The Labute approximate surface area is 189 Å². The summed E-state index contributed by atoms with van der Waals surface area (Å²) in [5.41, 5.74) is 0.882. The van der Waals surface area contributed by atoms with Gasteiger partial charge in [-0.15, -0.1) is 11.8 Å². The summed E-state index contributed by atoms with van der Waals surface area (Å²) in [5, 5.41) is 14.0. The van der Waals surface area contributed by atoms with E-state index in [1.807, 2.05) is 17.0 Å². The Bertz CT molecular complexity index is 1040. The first-order valence-electron chi connectivity index (χ1n) is 10.3. The van der Waals surface area contributed by atoms with Crippen LogP contribution in [-0.4, -0.2) is 64.0 Å². The first-order valence-corrected chi connectivity index (χ1v) is 11.3. The number of anilines is 1. The second-order valence-corrected chi connectivity index (χ2v) is 9.16. The van der Waals surface area contributed by atoms with Gasteiger partial charge in [0.2, 0.25) is 0 Å². The molecule has 168 valence electrons. The van der Waals surface area contributed by atoms with E-state index >= 15 is 0 Å². The van der Waals surface area contributed by atoms with Crippen molar-refractivity contribution in [3.8, 4) is 5.75 Å². The molecule has 32 heavy (non-hydrogen) atoms. The lowest BCUT2D eigenvalue weighted by atomic mass is 10.0. The average molecular weight is 457 g/mol. The maximum atomic E-state index is 13.2. The van der Waals surface area contributed by atoms with Crippen molar-refractivity contribution in [2.45, 2.75) is 17.7 Å². The van der Waals surface area contributed by atoms with E-state index in [1.54, 1.807) is 42.0 Å². The molecule has 2 aromatic rings. The molecule has 0 bridgehead atoms. The number of nitrogens with zero attached hydrogens (tertiary/aromatic N) is 3. The molecule has 0 atom stereocenters. The number of likely N-dealkylation sites (tertiary alicyclic amines) is 1. The molecule has 2 aliphatic heterocycles. The maximum Gasteiger partial charge on any atom is 0.321 e. The fourth-order valence-electron chi connectivity index (χ4n) is 4.18. The normalized spacial score (nSPS) is 17.3. The highest BCUT2D eigenvalue weighted by atomic mass is 32.2. The van der Waals surface area contributed by atoms with Gasteiger partial charge in [0.15, 0.2) is 0 Å². The summed E-state index contributed by atoms with van der Waals surface area (Å²) < 4.78 is 5.19. The number of piperidine rings is 1. The van der Waals surface area contributed by atoms with Crippen molar-refractivity contribution in [2.24, 2.45) is 0 Å². The Morgan fingerprint density at radius 3 is 2.59 bits per heavy atom. The third-order valence-corrected chi connectivity index (χ3v) is 7.43. The average Bonchev–Trinajstić information content (AvgIpc) is 3.21. The predicted molar refractivity (Wildman–Crippen MR) is 122 cm³/mol. The molecule has 2 aromatic carbocycles. The lowest BCUT2D eigenvalue weighted by Crippen LogP contribution is -2.54. The van der Waals surface area contributed by atoms with Crippen molar-refractivity contribution in [2.75, 3.05) is 37.8 Å². The quantitative estimate of drug-likeness (QED) is 0.554. The number of carbonyl (C=O) groups is 2. The standard InChI is InChI=1S/C22H24N4O5S/c1-31-19-7-3-5-17(15-19)23-21(28)24-10-8-22(9-11-24)25(12-13-32-22)20(27)16-4-2-6-18(14-16)26(29)30/h2-7,14-15H,8-13H2,1H3,(H,23,28). The topological polar surface area (TPSA) is 105 Å². The number of carbonyl (C=O) groups excluding carboxylic acids is 2. The molecule has 4 rings (SSSR count). The molecule has 0 saturated carbocycles. The SMILES string of the molecule is COc1cccc(NC(=O)N2CCC3(CC2)SCCN3C(=O)c2cccc([N+](=O)[O-])c2)c1. The van der Waals surface area contributed by atoms with Gasteiger partial charge >= 0.3 is 6.03 Å². The van der Waals surface area contributed by atoms with Crippen LogP contribution in [0.5, 0.6) is 5.75 Å². The molecule has 1 N–H and O–H groups in total. The third kappa shape index (κ3) is 4.36. The van der Waals surface area contributed by atoms with E-state index < -0.39 is 9.79 Å². The van der Waals surface area contributed by atoms with Crippen molar-refractivity contribution in [3.63, 3.8) is 0 Å². The summed E-state index contributed by atoms with van der Waals surface area (Å²) >= 11 is 1.73. The number of hydrogen-bond acceptors (Lipinski definition) is 6. The smallest absolute Gasteiger partial charge is 0.321 e. The zero-order valence-corrected chi connectivity index (χ0v) is 18.5. The van der Waals surface area contributed by atoms with Gasteiger partial charge in [-0.05, 0) is 31.0 Å². The number of nitro benzene ring substituents is 1. The number of benzene rings is 2. The fraction of sp³-hybridized carbons (Fsp3) is 0.364. The molecule has 2 aliphatic rings. The van der Waals surface area contributed by atoms with Crippen LogP contribution in [0.25, 0.3) is 0 Å². The number of thioether (sulfide) groups is 1. The van der Waals surface area contributed by atoms with Crippen LogP contribution in [-0.2, 0) is 0 Å². The summed E-state index contributed by atoms with van der Waals surface area (Å²) in [6.07, 6.45) is 1.29. The largest absolute Gasteiger partial charge is 0.497 e. The zero-order chi connectivity index (χ0) is 22.7. The van der Waals surface area contributed by atoms with Gasteiger partial charge in [-0.25, -0.2) is 4.79 Å². The van der Waals surface area contributed by atoms with Gasteiger partial charge in [0.1, 0.15) is 5.75 Å². The van der Waals surface area contributed by atoms with E-state index in [1.165, 1.54) is 18.2 Å². The number of rotatable bonds is 4. The van der Waals surface area contributed by atoms with Crippen molar-refractivity contribution in [1.82, 2.24) is 9.80 Å². The Kier molecular flexibility index (Phi) is 6.22. The molecule has 3 amide bonds. The molecule has 10 heteroatoms. The number of amides is 3. The highest BCUT2D eigenvalue weighted by Gasteiger charge is 2.47. The van der Waals surface area contributed by atoms with Gasteiger partial charge in [0.05, 0.1) is 16.9 Å². The minimum Gasteiger partial charge on any atom is -0.497 e. The van der Waals surface area contributed by atoms with Gasteiger partial charge in [0.25, 0.3) is 11.6 Å².